The summed E-state index contributed by atoms with van der Waals surface area (Å²) < 4.78 is 6.48. The molecular weight excluding hydrogens is 484 g/mol. The Balaban J connectivity index is 1.74. The fourth-order valence-electron chi connectivity index (χ4n) is 4.26. The van der Waals surface area contributed by atoms with Gasteiger partial charge in [0.25, 0.3) is 5.78 Å². The van der Waals surface area contributed by atoms with Gasteiger partial charge in [-0.3, -0.25) is 14.5 Å². The number of hydrogen-bond donors (Lipinski definition) is 1. The number of halogens is 1. The molecule has 1 amide bonds. The number of thiazole rings is 1. The van der Waals surface area contributed by atoms with Crippen LogP contribution in [0.25, 0.3) is 16.0 Å². The van der Waals surface area contributed by atoms with Gasteiger partial charge in [-0.1, -0.05) is 54.1 Å². The maximum Gasteiger partial charge on any atom is 0.301 e. The van der Waals surface area contributed by atoms with E-state index >= 15 is 0 Å². The number of fused-ring (bicyclic) bond motifs is 1. The molecule has 1 aromatic heterocycles. The predicted octanol–water partition coefficient (Wildman–Crippen LogP) is 6.15. The van der Waals surface area contributed by atoms with Gasteiger partial charge < -0.3 is 9.84 Å². The average molecular weight is 505 g/mol. The molecule has 1 fully saturated rings. The number of aryl methyl sites for hydroxylation is 1. The van der Waals surface area contributed by atoms with Gasteiger partial charge in [0.15, 0.2) is 5.13 Å². The number of aromatic nitrogens is 1. The van der Waals surface area contributed by atoms with Gasteiger partial charge in [0.1, 0.15) is 17.6 Å². The maximum absolute atomic E-state index is 13.4. The van der Waals surface area contributed by atoms with Crippen LogP contribution < -0.4 is 9.64 Å². The van der Waals surface area contributed by atoms with E-state index in [0.29, 0.717) is 27.0 Å². The second-order valence-electron chi connectivity index (χ2n) is 8.07. The van der Waals surface area contributed by atoms with Crippen LogP contribution in [-0.2, 0) is 16.0 Å². The van der Waals surface area contributed by atoms with Gasteiger partial charge in [0.2, 0.25) is 0 Å². The lowest BCUT2D eigenvalue weighted by atomic mass is 9.95. The van der Waals surface area contributed by atoms with Gasteiger partial charge in [0.05, 0.1) is 22.9 Å². The Bertz CT molecular complexity index is 1490. The van der Waals surface area contributed by atoms with E-state index in [0.717, 1.165) is 22.2 Å². The highest BCUT2D eigenvalue weighted by Gasteiger charge is 2.49. The molecule has 1 atom stereocenters. The number of ether oxygens (including phenoxy) is 1. The number of methoxy groups -OCH3 is 1. The van der Waals surface area contributed by atoms with Crippen LogP contribution in [0, 0.1) is 0 Å². The average Bonchev–Trinajstić information content (AvgIpc) is 3.41. The third kappa shape index (κ3) is 3.96. The van der Waals surface area contributed by atoms with Gasteiger partial charge in [-0.15, -0.1) is 0 Å². The lowest BCUT2D eigenvalue weighted by molar-refractivity contribution is -0.132. The number of hydrogen-bond acceptors (Lipinski definition) is 6. The molecule has 0 aliphatic carbocycles. The number of nitrogens with zero attached hydrogens (tertiary/aromatic N) is 2. The Kier molecular flexibility index (Phi) is 6.05. The molecule has 35 heavy (non-hydrogen) atoms. The standard InChI is InChI=1S/C27H21ClN2O4S/c1-3-15-8-13-19-21(14-15)35-27(29-19)30-23(18-6-4-5-7-20(18)34-2)22(25(32)26(30)33)24(31)16-9-11-17(28)12-10-16/h4-14,23,31H,3H2,1-2H3/b24-22+. The van der Waals surface area contributed by atoms with E-state index in [-0.39, 0.29) is 11.3 Å². The first kappa shape index (κ1) is 23.1. The molecule has 0 bridgehead atoms. The molecule has 3 aromatic carbocycles. The van der Waals surface area contributed by atoms with Crippen LogP contribution in [-0.4, -0.2) is 28.9 Å². The molecule has 8 heteroatoms. The molecule has 2 heterocycles. The highest BCUT2D eigenvalue weighted by atomic mass is 35.5. The van der Waals surface area contributed by atoms with Crippen LogP contribution in [0.5, 0.6) is 5.75 Å². The molecule has 4 aromatic rings. The number of amides is 1. The molecule has 1 aliphatic heterocycles. The molecule has 1 aliphatic rings. The summed E-state index contributed by atoms with van der Waals surface area (Å²) in [5.41, 5.74) is 2.80. The second kappa shape index (κ2) is 9.17. The molecule has 176 valence electrons. The van der Waals surface area contributed by atoms with Crippen molar-refractivity contribution in [2.24, 2.45) is 0 Å². The van der Waals surface area contributed by atoms with Crippen molar-refractivity contribution in [2.75, 3.05) is 12.0 Å². The number of aliphatic hydroxyl groups is 1. The third-order valence-corrected chi connectivity index (χ3v) is 7.32. The summed E-state index contributed by atoms with van der Waals surface area (Å²) in [6, 6.07) is 18.6. The van der Waals surface area contributed by atoms with Gasteiger partial charge in [-0.2, -0.15) is 0 Å². The molecule has 1 N–H and O–H groups in total. The van der Waals surface area contributed by atoms with Crippen LogP contribution in [0.4, 0.5) is 5.13 Å². The number of Topliss-reactive ketones (excluding diaryl/α,β-unsaturated/α-hetero) is 1. The van der Waals surface area contributed by atoms with Gasteiger partial charge >= 0.3 is 5.91 Å². The first-order chi connectivity index (χ1) is 16.9. The normalized spacial score (nSPS) is 17.3. The molecule has 0 saturated carbocycles. The monoisotopic (exact) mass is 504 g/mol. The van der Waals surface area contributed by atoms with Crippen molar-refractivity contribution in [3.05, 3.63) is 94.0 Å². The number of benzene rings is 3. The van der Waals surface area contributed by atoms with Crippen LogP contribution in [0.3, 0.4) is 0 Å². The summed E-state index contributed by atoms with van der Waals surface area (Å²) in [5.74, 6) is -1.35. The Labute approximate surface area is 211 Å². The highest BCUT2D eigenvalue weighted by molar-refractivity contribution is 7.22. The smallest absolute Gasteiger partial charge is 0.301 e. The number of anilines is 1. The fourth-order valence-corrected chi connectivity index (χ4v) is 5.44. The number of para-hydroxylation sites is 1. The Morgan fingerprint density at radius 2 is 1.86 bits per heavy atom. The highest BCUT2D eigenvalue weighted by Crippen LogP contribution is 2.46. The minimum Gasteiger partial charge on any atom is -0.507 e. The Morgan fingerprint density at radius 1 is 1.11 bits per heavy atom. The molecule has 1 unspecified atom stereocenters. The predicted molar refractivity (Wildman–Crippen MR) is 138 cm³/mol. The zero-order valence-electron chi connectivity index (χ0n) is 19.0. The van der Waals surface area contributed by atoms with E-state index in [2.05, 4.69) is 11.9 Å². The quantitative estimate of drug-likeness (QED) is 0.200. The van der Waals surface area contributed by atoms with E-state index in [9.17, 15) is 14.7 Å². The van der Waals surface area contributed by atoms with Crippen molar-refractivity contribution in [1.82, 2.24) is 4.98 Å². The van der Waals surface area contributed by atoms with Gasteiger partial charge in [-0.25, -0.2) is 4.98 Å². The van der Waals surface area contributed by atoms with Gasteiger partial charge in [-0.05, 0) is 54.4 Å². The number of ketones is 1. The van der Waals surface area contributed by atoms with Crippen LogP contribution >= 0.6 is 22.9 Å². The molecule has 5 rings (SSSR count). The number of rotatable bonds is 5. The third-order valence-electron chi connectivity index (χ3n) is 6.05. The fraction of sp³-hybridized carbons (Fsp3) is 0.148. The molecule has 1 saturated heterocycles. The number of carbonyl (C=O) groups is 2. The van der Waals surface area contributed by atoms with Crippen LogP contribution in [0.15, 0.2) is 72.3 Å². The van der Waals surface area contributed by atoms with Crippen LogP contribution in [0.2, 0.25) is 5.02 Å². The topological polar surface area (TPSA) is 79.7 Å². The first-order valence-corrected chi connectivity index (χ1v) is 12.2. The maximum atomic E-state index is 13.4. The summed E-state index contributed by atoms with van der Waals surface area (Å²) in [6.07, 6.45) is 0.871. The number of aliphatic hydroxyl groups excluding tert-OH is 1. The lowest BCUT2D eigenvalue weighted by Gasteiger charge is -2.24. The van der Waals surface area contributed by atoms with Crippen molar-refractivity contribution in [2.45, 2.75) is 19.4 Å². The molecule has 0 spiro atoms. The Morgan fingerprint density at radius 3 is 2.57 bits per heavy atom. The largest absolute Gasteiger partial charge is 0.507 e. The van der Waals surface area contributed by atoms with Crippen molar-refractivity contribution in [3.63, 3.8) is 0 Å². The summed E-state index contributed by atoms with van der Waals surface area (Å²) in [7, 11) is 1.52. The number of carbonyl (C=O) groups excluding carboxylic acids is 2. The van der Waals surface area contributed by atoms with E-state index in [4.69, 9.17) is 16.3 Å². The minimum absolute atomic E-state index is 0.0321. The van der Waals surface area contributed by atoms with Crippen molar-refractivity contribution < 1.29 is 19.4 Å². The minimum atomic E-state index is -0.923. The van der Waals surface area contributed by atoms with E-state index in [1.807, 2.05) is 18.2 Å². The zero-order valence-corrected chi connectivity index (χ0v) is 20.6. The SMILES string of the molecule is CCc1ccc2nc(N3C(=O)C(=O)/C(=C(/O)c4ccc(Cl)cc4)C3c3ccccc3OC)sc2c1. The summed E-state index contributed by atoms with van der Waals surface area (Å²) in [6.45, 7) is 2.07. The van der Waals surface area contributed by atoms with Crippen molar-refractivity contribution in [3.8, 4) is 5.75 Å². The Hall–Kier alpha value is -3.68. The molecule has 6 nitrogen and oxygen atoms in total. The molecule has 0 radical (unpaired) electrons. The zero-order chi connectivity index (χ0) is 24.7. The second-order valence-corrected chi connectivity index (χ2v) is 9.52. The van der Waals surface area contributed by atoms with Crippen molar-refractivity contribution in [1.29, 1.82) is 0 Å². The molecular formula is C27H21ClN2O4S. The summed E-state index contributed by atoms with van der Waals surface area (Å²) in [4.78, 5) is 32.8. The first-order valence-electron chi connectivity index (χ1n) is 11.0. The summed E-state index contributed by atoms with van der Waals surface area (Å²) in [5, 5.41) is 12.1. The van der Waals surface area contributed by atoms with E-state index in [1.165, 1.54) is 23.3 Å². The van der Waals surface area contributed by atoms with Gasteiger partial charge in [0, 0.05) is 16.1 Å². The van der Waals surface area contributed by atoms with Crippen LogP contribution in [0.1, 0.15) is 29.7 Å². The van der Waals surface area contributed by atoms with E-state index in [1.54, 1.807) is 48.5 Å². The van der Waals surface area contributed by atoms with E-state index < -0.39 is 17.7 Å². The summed E-state index contributed by atoms with van der Waals surface area (Å²) >= 11 is 7.34. The lowest BCUT2D eigenvalue weighted by Crippen LogP contribution is -2.29. The van der Waals surface area contributed by atoms with Crippen molar-refractivity contribution >= 4 is 55.7 Å².